The van der Waals surface area contributed by atoms with Crippen molar-refractivity contribution in [3.05, 3.63) is 70.3 Å². The molecule has 0 heterocycles. The Morgan fingerprint density at radius 3 is 2.14 bits per heavy atom. The van der Waals surface area contributed by atoms with Crippen molar-refractivity contribution in [3.8, 4) is 0 Å². The maximum absolute atomic E-state index is 13.0. The van der Waals surface area contributed by atoms with Crippen molar-refractivity contribution in [2.24, 2.45) is 5.92 Å². The topological polar surface area (TPSA) is 46.2 Å². The number of nitrogens with one attached hydrogen (secondary N) is 1. The van der Waals surface area contributed by atoms with Gasteiger partial charge >= 0.3 is 0 Å². The minimum atomic E-state index is -0.0482. The Labute approximate surface area is 168 Å². The number of rotatable bonds is 8. The highest BCUT2D eigenvalue weighted by atomic mass is 16.1. The van der Waals surface area contributed by atoms with Crippen LogP contribution < -0.4 is 5.32 Å². The number of hydrogen-bond acceptors (Lipinski definition) is 3. The second-order valence-corrected chi connectivity index (χ2v) is 8.74. The van der Waals surface area contributed by atoms with Gasteiger partial charge in [0.25, 0.3) is 0 Å². The van der Waals surface area contributed by atoms with E-state index in [0.29, 0.717) is 28.2 Å². The highest BCUT2D eigenvalue weighted by Crippen LogP contribution is 2.34. The zero-order valence-electron chi connectivity index (χ0n) is 17.5. The summed E-state index contributed by atoms with van der Waals surface area (Å²) in [6.07, 6.45) is 4.63. The molecule has 3 heteroatoms. The molecule has 1 N–H and O–H groups in total. The summed E-state index contributed by atoms with van der Waals surface area (Å²) >= 11 is 0. The summed E-state index contributed by atoms with van der Waals surface area (Å²) < 4.78 is 0. The molecule has 0 spiro atoms. The lowest BCUT2D eigenvalue weighted by Crippen LogP contribution is -2.23. The average molecular weight is 378 g/mol. The maximum atomic E-state index is 13.0. The average Bonchev–Trinajstić information content (AvgIpc) is 2.70. The van der Waals surface area contributed by atoms with E-state index in [9.17, 15) is 9.59 Å². The molecule has 1 unspecified atom stereocenters. The van der Waals surface area contributed by atoms with Crippen molar-refractivity contribution in [1.82, 2.24) is 5.32 Å². The molecule has 3 rings (SSSR count). The first-order chi connectivity index (χ1) is 13.3. The fourth-order valence-corrected chi connectivity index (χ4v) is 4.09. The highest BCUT2D eigenvalue weighted by Gasteiger charge is 2.31. The summed E-state index contributed by atoms with van der Waals surface area (Å²) in [5.74, 6) is 0.624. The molecule has 0 fully saturated rings. The van der Waals surface area contributed by atoms with E-state index in [1.807, 2.05) is 37.4 Å². The molecule has 0 saturated heterocycles. The largest absolute Gasteiger partial charge is 0.320 e. The van der Waals surface area contributed by atoms with Gasteiger partial charge in [-0.25, -0.2) is 0 Å². The van der Waals surface area contributed by atoms with Crippen LogP contribution in [0.1, 0.15) is 83.9 Å². The third kappa shape index (κ3) is 4.10. The fourth-order valence-electron chi connectivity index (χ4n) is 4.09. The third-order valence-corrected chi connectivity index (χ3v) is 6.09. The summed E-state index contributed by atoms with van der Waals surface area (Å²) in [7, 11) is 2.00. The third-order valence-electron chi connectivity index (χ3n) is 6.09. The lowest BCUT2D eigenvalue weighted by molar-refractivity contribution is 0.0979. The van der Waals surface area contributed by atoms with E-state index in [1.54, 1.807) is 12.1 Å². The van der Waals surface area contributed by atoms with Crippen LogP contribution in [0.5, 0.6) is 0 Å². The standard InChI is InChI=1S/C25H31NO2/c1-17(13-15-26-4)8-7-14-25(2,3)18-11-12-21-22(16-18)24(28)20-10-6-5-9-19(20)23(21)27/h5-6,9-12,16-17,26H,7-8,13-15H2,1-4H3. The molecular weight excluding hydrogens is 346 g/mol. The molecule has 1 aliphatic rings. The summed E-state index contributed by atoms with van der Waals surface area (Å²) in [6, 6.07) is 13.0. The first-order valence-electron chi connectivity index (χ1n) is 10.3. The monoisotopic (exact) mass is 377 g/mol. The Hall–Kier alpha value is -2.26. The smallest absolute Gasteiger partial charge is 0.194 e. The van der Waals surface area contributed by atoms with Crippen molar-refractivity contribution in [3.63, 3.8) is 0 Å². The SMILES string of the molecule is CNCCC(C)CCCC(C)(C)c1ccc2c(c1)C(=O)c1ccccc1C2=O. The molecule has 0 amide bonds. The summed E-state index contributed by atoms with van der Waals surface area (Å²) in [5.41, 5.74) is 3.23. The number of hydrogen-bond donors (Lipinski definition) is 1. The van der Waals surface area contributed by atoms with Gasteiger partial charge in [-0.1, -0.05) is 63.9 Å². The van der Waals surface area contributed by atoms with Gasteiger partial charge in [0.2, 0.25) is 0 Å². The quantitative estimate of drug-likeness (QED) is 0.590. The highest BCUT2D eigenvalue weighted by molar-refractivity contribution is 6.28. The van der Waals surface area contributed by atoms with E-state index in [1.165, 1.54) is 12.8 Å². The van der Waals surface area contributed by atoms with Gasteiger partial charge in [0.1, 0.15) is 0 Å². The van der Waals surface area contributed by atoms with E-state index in [4.69, 9.17) is 0 Å². The number of fused-ring (bicyclic) bond motifs is 2. The number of carbonyl (C=O) groups excluding carboxylic acids is 2. The molecule has 0 saturated carbocycles. The molecule has 1 aliphatic carbocycles. The van der Waals surface area contributed by atoms with Crippen molar-refractivity contribution in [2.45, 2.75) is 51.9 Å². The minimum absolute atomic E-state index is 0.0297. The first-order valence-corrected chi connectivity index (χ1v) is 10.3. The van der Waals surface area contributed by atoms with Crippen molar-refractivity contribution in [1.29, 1.82) is 0 Å². The minimum Gasteiger partial charge on any atom is -0.320 e. The van der Waals surface area contributed by atoms with Crippen LogP contribution in [-0.4, -0.2) is 25.2 Å². The second-order valence-electron chi connectivity index (χ2n) is 8.74. The van der Waals surface area contributed by atoms with Crippen LogP contribution in [0.3, 0.4) is 0 Å². The Kier molecular flexibility index (Phi) is 6.14. The lowest BCUT2D eigenvalue weighted by Gasteiger charge is -2.28. The Morgan fingerprint density at radius 2 is 1.50 bits per heavy atom. The number of carbonyl (C=O) groups is 2. The Bertz CT molecular complexity index is 882. The fraction of sp³-hybridized carbons (Fsp3) is 0.440. The molecule has 2 aromatic carbocycles. The predicted molar refractivity (Wildman–Crippen MR) is 114 cm³/mol. The maximum Gasteiger partial charge on any atom is 0.194 e. The molecule has 3 nitrogen and oxygen atoms in total. The molecule has 148 valence electrons. The van der Waals surface area contributed by atoms with E-state index in [2.05, 4.69) is 26.1 Å². The van der Waals surface area contributed by atoms with E-state index in [-0.39, 0.29) is 17.0 Å². The van der Waals surface area contributed by atoms with Gasteiger partial charge in [0, 0.05) is 22.3 Å². The summed E-state index contributed by atoms with van der Waals surface area (Å²) in [6.45, 7) is 7.84. The van der Waals surface area contributed by atoms with Crippen molar-refractivity contribution < 1.29 is 9.59 Å². The summed E-state index contributed by atoms with van der Waals surface area (Å²) in [4.78, 5) is 25.8. The zero-order valence-corrected chi connectivity index (χ0v) is 17.5. The first kappa shape index (κ1) is 20.5. The molecule has 0 radical (unpaired) electrons. The Morgan fingerprint density at radius 1 is 0.893 bits per heavy atom. The van der Waals surface area contributed by atoms with Crippen LogP contribution in [0.15, 0.2) is 42.5 Å². The molecule has 2 aromatic rings. The number of benzene rings is 2. The normalized spacial score (nSPS) is 14.6. The van der Waals surface area contributed by atoms with Gasteiger partial charge in [-0.05, 0) is 55.5 Å². The Balaban J connectivity index is 1.77. The molecule has 28 heavy (non-hydrogen) atoms. The van der Waals surface area contributed by atoms with Crippen LogP contribution in [0.25, 0.3) is 0 Å². The van der Waals surface area contributed by atoms with Gasteiger partial charge in [-0.15, -0.1) is 0 Å². The van der Waals surface area contributed by atoms with E-state index in [0.717, 1.165) is 24.9 Å². The van der Waals surface area contributed by atoms with Gasteiger partial charge in [-0.3, -0.25) is 9.59 Å². The van der Waals surface area contributed by atoms with Crippen molar-refractivity contribution >= 4 is 11.6 Å². The molecule has 0 aliphatic heterocycles. The number of ketones is 2. The van der Waals surface area contributed by atoms with Gasteiger partial charge in [0.15, 0.2) is 11.6 Å². The molecular formula is C25H31NO2. The lowest BCUT2D eigenvalue weighted by atomic mass is 9.76. The summed E-state index contributed by atoms with van der Waals surface area (Å²) in [5, 5.41) is 3.22. The van der Waals surface area contributed by atoms with Crippen LogP contribution in [0.2, 0.25) is 0 Å². The van der Waals surface area contributed by atoms with Crippen molar-refractivity contribution in [2.75, 3.05) is 13.6 Å². The van der Waals surface area contributed by atoms with Gasteiger partial charge in [0.05, 0.1) is 0 Å². The van der Waals surface area contributed by atoms with Crippen LogP contribution in [-0.2, 0) is 5.41 Å². The molecule has 0 aromatic heterocycles. The zero-order chi connectivity index (χ0) is 20.3. The van der Waals surface area contributed by atoms with Crippen LogP contribution in [0.4, 0.5) is 0 Å². The molecule has 1 atom stereocenters. The van der Waals surface area contributed by atoms with Gasteiger partial charge < -0.3 is 5.32 Å². The van der Waals surface area contributed by atoms with Crippen LogP contribution >= 0.6 is 0 Å². The van der Waals surface area contributed by atoms with E-state index < -0.39 is 0 Å². The second kappa shape index (κ2) is 8.40. The predicted octanol–water partition coefficient (Wildman–Crippen LogP) is 5.16. The van der Waals surface area contributed by atoms with Gasteiger partial charge in [-0.2, -0.15) is 0 Å². The molecule has 0 bridgehead atoms. The van der Waals surface area contributed by atoms with E-state index >= 15 is 0 Å². The van der Waals surface area contributed by atoms with Crippen LogP contribution in [0, 0.1) is 5.92 Å².